The number of aryl methyl sites for hydroxylation is 1. The SMILES string of the molecule is O=C(O[C@H]1C[N+]2(CCCc3ccccc3)CCC1CC2)N(Cc1ccco1)Cc1ccco1. The van der Waals surface area contributed by atoms with Gasteiger partial charge in [-0.2, -0.15) is 0 Å². The quantitative estimate of drug-likeness (QED) is 0.419. The van der Waals surface area contributed by atoms with Crippen LogP contribution in [0, 0.1) is 5.92 Å². The van der Waals surface area contributed by atoms with Crippen molar-refractivity contribution in [3.8, 4) is 0 Å². The molecular weight excluding hydrogens is 416 g/mol. The molecule has 6 nitrogen and oxygen atoms in total. The monoisotopic (exact) mass is 449 g/mol. The van der Waals surface area contributed by atoms with Crippen LogP contribution in [0.2, 0.25) is 0 Å². The minimum absolute atomic E-state index is 0.0209. The second-order valence-electron chi connectivity index (χ2n) is 9.56. The second-order valence-corrected chi connectivity index (χ2v) is 9.56. The van der Waals surface area contributed by atoms with Gasteiger partial charge < -0.3 is 18.1 Å². The number of furan rings is 2. The van der Waals surface area contributed by atoms with Crippen molar-refractivity contribution in [1.29, 1.82) is 0 Å². The lowest BCUT2D eigenvalue weighted by atomic mass is 9.83. The van der Waals surface area contributed by atoms with E-state index in [4.69, 9.17) is 13.6 Å². The summed E-state index contributed by atoms with van der Waals surface area (Å²) in [4.78, 5) is 14.9. The standard InChI is InChI=1S/C27H33N2O4/c30-27(28(19-24-10-5-17-31-24)20-25-11-6-18-32-25)33-26-21-29(15-12-23(26)13-16-29)14-4-9-22-7-2-1-3-8-22/h1-3,5-8,10-11,17-18,23,26H,4,9,12-16,19-21H2/q+1/t23?,26-,29?/m0/s1. The number of nitrogens with zero attached hydrogens (tertiary/aromatic N) is 2. The third-order valence-electron chi connectivity index (χ3n) is 7.35. The summed E-state index contributed by atoms with van der Waals surface area (Å²) in [6.45, 7) is 5.22. The van der Waals surface area contributed by atoms with Crippen LogP contribution in [0.25, 0.3) is 0 Å². The van der Waals surface area contributed by atoms with Crippen molar-refractivity contribution >= 4 is 6.09 Å². The number of carbonyl (C=O) groups is 1. The summed E-state index contributed by atoms with van der Waals surface area (Å²) in [5.41, 5.74) is 1.40. The molecule has 33 heavy (non-hydrogen) atoms. The maximum absolute atomic E-state index is 13.3. The van der Waals surface area contributed by atoms with Crippen molar-refractivity contribution in [2.24, 2.45) is 5.92 Å². The van der Waals surface area contributed by atoms with Crippen LogP contribution in [0.15, 0.2) is 76.0 Å². The van der Waals surface area contributed by atoms with E-state index in [1.807, 2.05) is 24.3 Å². The van der Waals surface area contributed by atoms with Gasteiger partial charge in [-0.25, -0.2) is 4.79 Å². The zero-order valence-electron chi connectivity index (χ0n) is 19.1. The highest BCUT2D eigenvalue weighted by Crippen LogP contribution is 2.36. The molecule has 2 aromatic heterocycles. The van der Waals surface area contributed by atoms with Crippen LogP contribution in [0.4, 0.5) is 4.79 Å². The lowest BCUT2D eigenvalue weighted by Crippen LogP contribution is -2.65. The van der Waals surface area contributed by atoms with E-state index in [9.17, 15) is 4.79 Å². The molecule has 1 aromatic carbocycles. The van der Waals surface area contributed by atoms with Gasteiger partial charge in [0.2, 0.25) is 0 Å². The van der Waals surface area contributed by atoms with E-state index < -0.39 is 0 Å². The van der Waals surface area contributed by atoms with E-state index in [0.717, 1.165) is 48.4 Å². The number of hydrogen-bond acceptors (Lipinski definition) is 4. The molecule has 3 saturated heterocycles. The fourth-order valence-corrected chi connectivity index (χ4v) is 5.50. The summed E-state index contributed by atoms with van der Waals surface area (Å²) in [5.74, 6) is 1.94. The van der Waals surface area contributed by atoms with Gasteiger partial charge in [0.05, 0.1) is 45.3 Å². The van der Waals surface area contributed by atoms with Gasteiger partial charge in [-0.15, -0.1) is 0 Å². The van der Waals surface area contributed by atoms with Gasteiger partial charge in [-0.3, -0.25) is 4.90 Å². The van der Waals surface area contributed by atoms with Gasteiger partial charge >= 0.3 is 6.09 Å². The highest BCUT2D eigenvalue weighted by atomic mass is 16.6. The molecule has 0 saturated carbocycles. The van der Waals surface area contributed by atoms with Crippen molar-refractivity contribution in [2.45, 2.75) is 44.9 Å². The lowest BCUT2D eigenvalue weighted by molar-refractivity contribution is -0.946. The molecule has 3 aromatic rings. The van der Waals surface area contributed by atoms with Crippen molar-refractivity contribution in [1.82, 2.24) is 4.90 Å². The molecule has 2 bridgehead atoms. The molecule has 3 fully saturated rings. The van der Waals surface area contributed by atoms with Gasteiger partial charge in [0.15, 0.2) is 6.10 Å². The van der Waals surface area contributed by atoms with Crippen molar-refractivity contribution < 1.29 is 22.8 Å². The third kappa shape index (κ3) is 5.33. The second kappa shape index (κ2) is 9.87. The zero-order valence-corrected chi connectivity index (χ0v) is 19.1. The largest absolute Gasteiger partial charge is 0.467 e. The van der Waals surface area contributed by atoms with Crippen LogP contribution in [-0.4, -0.2) is 47.8 Å². The van der Waals surface area contributed by atoms with Gasteiger partial charge in [-0.05, 0) is 36.2 Å². The summed E-state index contributed by atoms with van der Waals surface area (Å²) >= 11 is 0. The highest BCUT2D eigenvalue weighted by Gasteiger charge is 2.47. The molecule has 0 aliphatic carbocycles. The Morgan fingerprint density at radius 1 is 0.939 bits per heavy atom. The minimum Gasteiger partial charge on any atom is -0.467 e. The predicted molar refractivity (Wildman–Crippen MR) is 124 cm³/mol. The Morgan fingerprint density at radius 2 is 1.61 bits per heavy atom. The van der Waals surface area contributed by atoms with Gasteiger partial charge in [0.25, 0.3) is 0 Å². The Labute approximate surface area is 195 Å². The van der Waals surface area contributed by atoms with Crippen LogP contribution in [-0.2, 0) is 24.2 Å². The van der Waals surface area contributed by atoms with Crippen LogP contribution < -0.4 is 0 Å². The normalized spacial score (nSPS) is 24.0. The summed E-state index contributed by atoms with van der Waals surface area (Å²) < 4.78 is 18.2. The molecule has 3 aliphatic heterocycles. The first kappa shape index (κ1) is 21.8. The smallest absolute Gasteiger partial charge is 0.411 e. The molecule has 0 unspecified atom stereocenters. The number of carbonyl (C=O) groups excluding carboxylic acids is 1. The number of benzene rings is 1. The number of amides is 1. The summed E-state index contributed by atoms with van der Waals surface area (Å²) in [6, 6.07) is 18.1. The van der Waals surface area contributed by atoms with E-state index in [1.54, 1.807) is 17.4 Å². The van der Waals surface area contributed by atoms with Crippen molar-refractivity contribution in [3.63, 3.8) is 0 Å². The van der Waals surface area contributed by atoms with Crippen LogP contribution >= 0.6 is 0 Å². The van der Waals surface area contributed by atoms with E-state index >= 15 is 0 Å². The summed E-state index contributed by atoms with van der Waals surface area (Å²) in [6.07, 6.45) is 7.49. The van der Waals surface area contributed by atoms with Crippen molar-refractivity contribution in [3.05, 3.63) is 84.2 Å². The van der Waals surface area contributed by atoms with E-state index in [-0.39, 0.29) is 12.2 Å². The molecular formula is C27H33N2O4+. The van der Waals surface area contributed by atoms with Crippen LogP contribution in [0.3, 0.4) is 0 Å². The molecule has 0 N–H and O–H groups in total. The first-order valence-corrected chi connectivity index (χ1v) is 12.1. The number of fused-ring (bicyclic) bond motifs is 3. The van der Waals surface area contributed by atoms with Gasteiger partial charge in [0, 0.05) is 25.2 Å². The fraction of sp³-hybridized carbons (Fsp3) is 0.444. The Bertz CT molecular complexity index is 956. The molecule has 1 atom stereocenters. The van der Waals surface area contributed by atoms with E-state index in [1.165, 1.54) is 25.1 Å². The average Bonchev–Trinajstić information content (AvgIpc) is 3.55. The molecule has 6 rings (SSSR count). The molecule has 0 spiro atoms. The molecule has 5 heterocycles. The maximum atomic E-state index is 13.3. The average molecular weight is 450 g/mol. The molecule has 3 aliphatic rings. The zero-order chi connectivity index (χ0) is 22.5. The first-order valence-electron chi connectivity index (χ1n) is 12.1. The summed E-state index contributed by atoms with van der Waals surface area (Å²) in [7, 11) is 0. The molecule has 0 radical (unpaired) electrons. The van der Waals surface area contributed by atoms with Crippen LogP contribution in [0.5, 0.6) is 0 Å². The first-order chi connectivity index (χ1) is 16.2. The van der Waals surface area contributed by atoms with E-state index in [2.05, 4.69) is 30.3 Å². The number of ether oxygens (including phenoxy) is 1. The minimum atomic E-state index is -0.288. The Hall–Kier alpha value is -2.99. The number of quaternary nitrogens is 1. The fourth-order valence-electron chi connectivity index (χ4n) is 5.50. The summed E-state index contributed by atoms with van der Waals surface area (Å²) in [5, 5.41) is 0. The van der Waals surface area contributed by atoms with E-state index in [0.29, 0.717) is 19.0 Å². The van der Waals surface area contributed by atoms with Gasteiger partial charge in [-0.1, -0.05) is 30.3 Å². The maximum Gasteiger partial charge on any atom is 0.411 e. The topological polar surface area (TPSA) is 55.8 Å². The molecule has 1 amide bonds. The van der Waals surface area contributed by atoms with Gasteiger partial charge in [0.1, 0.15) is 18.1 Å². The predicted octanol–water partition coefficient (Wildman–Crippen LogP) is 5.25. The number of rotatable bonds is 9. The third-order valence-corrected chi connectivity index (χ3v) is 7.35. The molecule has 6 heteroatoms. The lowest BCUT2D eigenvalue weighted by Gasteiger charge is -2.52. The number of hydrogen-bond donors (Lipinski definition) is 0. The van der Waals surface area contributed by atoms with Crippen molar-refractivity contribution in [2.75, 3.05) is 26.2 Å². The highest BCUT2D eigenvalue weighted by molar-refractivity contribution is 5.67. The Kier molecular flexibility index (Phi) is 6.53. The number of piperidine rings is 3. The Balaban J connectivity index is 1.21. The Morgan fingerprint density at radius 3 is 2.21 bits per heavy atom. The molecule has 174 valence electrons. The van der Waals surface area contributed by atoms with Crippen LogP contribution in [0.1, 0.15) is 36.3 Å².